The van der Waals surface area contributed by atoms with Crippen molar-refractivity contribution in [2.45, 2.75) is 31.5 Å². The van der Waals surface area contributed by atoms with Crippen LogP contribution in [0.5, 0.6) is 0 Å². The first-order valence-corrected chi connectivity index (χ1v) is 15.2. The van der Waals surface area contributed by atoms with E-state index in [1.54, 1.807) is 0 Å². The summed E-state index contributed by atoms with van der Waals surface area (Å²) in [6.07, 6.45) is 7.05. The number of nitrogens with one attached hydrogen (secondary N) is 4. The smallest absolute Gasteiger partial charge is 0.0976 e. The normalized spacial score (nSPS) is 22.2. The maximum Gasteiger partial charge on any atom is 0.0976 e. The SMILES string of the molecule is C/C=C(\C=N)C1=NC(C2NC(c3cc4ccccc4c4ccccc34)NC(c3cc4ccccc4c4ccccc34)N2)C=C1. The first-order chi connectivity index (χ1) is 21.7. The van der Waals surface area contributed by atoms with Gasteiger partial charge in [-0.15, -0.1) is 0 Å². The average Bonchev–Trinajstić information content (AvgIpc) is 3.58. The molecule has 8 rings (SSSR count). The van der Waals surface area contributed by atoms with Gasteiger partial charge in [0.05, 0.1) is 30.3 Å². The van der Waals surface area contributed by atoms with E-state index >= 15 is 0 Å². The van der Waals surface area contributed by atoms with Crippen LogP contribution in [-0.4, -0.2) is 24.1 Å². The molecule has 44 heavy (non-hydrogen) atoms. The Balaban J connectivity index is 1.30. The number of rotatable bonds is 5. The van der Waals surface area contributed by atoms with Crippen molar-refractivity contribution in [2.75, 3.05) is 0 Å². The summed E-state index contributed by atoms with van der Waals surface area (Å²) in [5, 5.41) is 29.5. The van der Waals surface area contributed by atoms with E-state index in [0.717, 1.165) is 11.3 Å². The molecule has 0 amide bonds. The Kier molecular flexibility index (Phi) is 6.64. The highest BCUT2D eigenvalue weighted by molar-refractivity contribution is 6.21. The van der Waals surface area contributed by atoms with Gasteiger partial charge in [-0.3, -0.25) is 20.9 Å². The quantitative estimate of drug-likeness (QED) is 0.125. The first kappa shape index (κ1) is 26.7. The Hall–Kier alpha value is -4.94. The molecule has 0 spiro atoms. The van der Waals surface area contributed by atoms with E-state index in [9.17, 15) is 0 Å². The summed E-state index contributed by atoms with van der Waals surface area (Å²) in [5.41, 5.74) is 4.09. The lowest BCUT2D eigenvalue weighted by Crippen LogP contribution is -2.62. The van der Waals surface area contributed by atoms with E-state index in [0.29, 0.717) is 0 Å². The zero-order valence-corrected chi connectivity index (χ0v) is 24.5. The second-order valence-electron chi connectivity index (χ2n) is 11.6. The molecule has 214 valence electrons. The van der Waals surface area contributed by atoms with Gasteiger partial charge in [0.2, 0.25) is 0 Å². The largest absolute Gasteiger partial charge is 0.308 e. The third kappa shape index (κ3) is 4.45. The van der Waals surface area contributed by atoms with Crippen molar-refractivity contribution in [3.8, 4) is 0 Å². The second kappa shape index (κ2) is 11.0. The molecule has 2 aliphatic heterocycles. The van der Waals surface area contributed by atoms with Crippen LogP contribution in [0.25, 0.3) is 43.1 Å². The predicted molar refractivity (Wildman–Crippen MR) is 184 cm³/mol. The number of fused-ring (bicyclic) bond motifs is 6. The van der Waals surface area contributed by atoms with E-state index in [-0.39, 0.29) is 24.5 Å². The monoisotopic (exact) mass is 571 g/mol. The molecule has 4 N–H and O–H groups in total. The highest BCUT2D eigenvalue weighted by atomic mass is 15.4. The van der Waals surface area contributed by atoms with Crippen molar-refractivity contribution in [1.82, 2.24) is 16.0 Å². The Morgan fingerprint density at radius 1 is 0.636 bits per heavy atom. The first-order valence-electron chi connectivity index (χ1n) is 15.2. The number of nitrogens with zero attached hydrogens (tertiary/aromatic N) is 1. The fourth-order valence-electron chi connectivity index (χ4n) is 6.97. The van der Waals surface area contributed by atoms with Crippen LogP contribution in [0.3, 0.4) is 0 Å². The summed E-state index contributed by atoms with van der Waals surface area (Å²) < 4.78 is 0. The maximum absolute atomic E-state index is 7.86. The van der Waals surface area contributed by atoms with Crippen molar-refractivity contribution in [2.24, 2.45) is 4.99 Å². The molecule has 1 fully saturated rings. The third-order valence-corrected chi connectivity index (χ3v) is 9.09. The minimum absolute atomic E-state index is 0.134. The summed E-state index contributed by atoms with van der Waals surface area (Å²) >= 11 is 0. The van der Waals surface area contributed by atoms with E-state index in [2.05, 4.69) is 131 Å². The Morgan fingerprint density at radius 3 is 1.61 bits per heavy atom. The third-order valence-electron chi connectivity index (χ3n) is 9.09. The van der Waals surface area contributed by atoms with Gasteiger partial charge >= 0.3 is 0 Å². The standard InChI is InChI=1S/C39H33N5/c1-2-24(23-40)35-19-20-36(41-35)39-43-37(33-21-25-11-3-5-13-27(25)29-15-7-9-17-31(29)33)42-38(44-39)34-22-26-12-4-6-14-28(26)30-16-8-10-18-32(30)34/h2-23,36-40,42-44H,1H3/b24-2+,40-23?. The molecule has 5 nitrogen and oxygen atoms in total. The molecule has 2 aliphatic rings. The van der Waals surface area contributed by atoms with Crippen LogP contribution in [0.15, 0.2) is 138 Å². The number of hydrogen-bond acceptors (Lipinski definition) is 5. The molecule has 6 aromatic rings. The fraction of sp³-hybridized carbons (Fsp3) is 0.128. The zero-order chi connectivity index (χ0) is 29.6. The van der Waals surface area contributed by atoms with Gasteiger partial charge in [0.25, 0.3) is 0 Å². The second-order valence-corrected chi connectivity index (χ2v) is 11.6. The molecule has 3 unspecified atom stereocenters. The molecule has 5 heteroatoms. The molecule has 0 aromatic heterocycles. The van der Waals surface area contributed by atoms with Gasteiger partial charge in [-0.1, -0.05) is 109 Å². The molecule has 6 aromatic carbocycles. The fourth-order valence-corrected chi connectivity index (χ4v) is 6.97. The molecule has 0 radical (unpaired) electrons. The Labute approximate surface area is 256 Å². The van der Waals surface area contributed by atoms with Gasteiger partial charge in [-0.2, -0.15) is 0 Å². The number of aliphatic imine (C=N–C) groups is 1. The summed E-state index contributed by atoms with van der Waals surface area (Å²) in [6, 6.07) is 39.2. The molecule has 1 saturated heterocycles. The van der Waals surface area contributed by atoms with Gasteiger partial charge in [-0.05, 0) is 79.3 Å². The molecular formula is C39H33N5. The molecule has 0 aliphatic carbocycles. The minimum atomic E-state index is -0.153. The maximum atomic E-state index is 7.86. The number of hydrogen-bond donors (Lipinski definition) is 4. The predicted octanol–water partition coefficient (Wildman–Crippen LogP) is 8.08. The van der Waals surface area contributed by atoms with Crippen molar-refractivity contribution in [3.05, 3.63) is 144 Å². The van der Waals surface area contributed by atoms with Crippen molar-refractivity contribution < 1.29 is 0 Å². The van der Waals surface area contributed by atoms with Gasteiger partial charge in [0.15, 0.2) is 0 Å². The average molecular weight is 572 g/mol. The molecule has 2 heterocycles. The molecule has 3 atom stereocenters. The van der Waals surface area contributed by atoms with E-state index < -0.39 is 0 Å². The van der Waals surface area contributed by atoms with Crippen LogP contribution in [0.2, 0.25) is 0 Å². The highest BCUT2D eigenvalue weighted by Gasteiger charge is 2.35. The van der Waals surface area contributed by atoms with Crippen LogP contribution >= 0.6 is 0 Å². The Morgan fingerprint density at radius 2 is 1.11 bits per heavy atom. The lowest BCUT2D eigenvalue weighted by atomic mass is 9.93. The van der Waals surface area contributed by atoms with Crippen molar-refractivity contribution >= 4 is 55.0 Å². The van der Waals surface area contributed by atoms with E-state index in [4.69, 9.17) is 10.4 Å². The van der Waals surface area contributed by atoms with Crippen LogP contribution in [0.1, 0.15) is 30.4 Å². The van der Waals surface area contributed by atoms with Gasteiger partial charge in [-0.25, -0.2) is 0 Å². The van der Waals surface area contributed by atoms with E-state index in [1.165, 1.54) is 60.4 Å². The Bertz CT molecular complexity index is 2050. The van der Waals surface area contributed by atoms with Crippen LogP contribution < -0.4 is 16.0 Å². The van der Waals surface area contributed by atoms with Gasteiger partial charge in [0.1, 0.15) is 0 Å². The van der Waals surface area contributed by atoms with Crippen LogP contribution in [0, 0.1) is 5.41 Å². The summed E-state index contributed by atoms with van der Waals surface area (Å²) in [5.74, 6) is 0. The van der Waals surface area contributed by atoms with E-state index in [1.807, 2.05) is 19.1 Å². The number of benzene rings is 6. The molecule has 0 bridgehead atoms. The topological polar surface area (TPSA) is 72.3 Å². The minimum Gasteiger partial charge on any atom is -0.308 e. The van der Waals surface area contributed by atoms with Gasteiger partial charge in [0, 0.05) is 11.8 Å². The highest BCUT2D eigenvalue weighted by Crippen LogP contribution is 2.37. The molecular weight excluding hydrogens is 538 g/mol. The summed E-state index contributed by atoms with van der Waals surface area (Å²) in [4.78, 5) is 5.07. The molecule has 0 saturated carbocycles. The van der Waals surface area contributed by atoms with Crippen molar-refractivity contribution in [3.63, 3.8) is 0 Å². The van der Waals surface area contributed by atoms with Crippen LogP contribution in [0.4, 0.5) is 0 Å². The lowest BCUT2D eigenvalue weighted by Gasteiger charge is -2.41. The lowest BCUT2D eigenvalue weighted by molar-refractivity contribution is 0.194. The zero-order valence-electron chi connectivity index (χ0n) is 24.5. The summed E-state index contributed by atoms with van der Waals surface area (Å²) in [7, 11) is 0. The van der Waals surface area contributed by atoms with Crippen molar-refractivity contribution in [1.29, 1.82) is 5.41 Å². The van der Waals surface area contributed by atoms with Gasteiger partial charge < -0.3 is 5.41 Å². The number of allylic oxidation sites excluding steroid dienone is 3. The van der Waals surface area contributed by atoms with Crippen LogP contribution in [-0.2, 0) is 0 Å². The summed E-state index contributed by atoms with van der Waals surface area (Å²) in [6.45, 7) is 1.95.